The van der Waals surface area contributed by atoms with E-state index in [1.165, 1.54) is 5.82 Å². The van der Waals surface area contributed by atoms with E-state index in [1.54, 1.807) is 18.4 Å². The highest BCUT2D eigenvalue weighted by molar-refractivity contribution is 7.13. The van der Waals surface area contributed by atoms with Crippen molar-refractivity contribution in [3.63, 3.8) is 0 Å². The summed E-state index contributed by atoms with van der Waals surface area (Å²) in [6.45, 7) is 3.75. The van der Waals surface area contributed by atoms with Crippen LogP contribution in [0.25, 0.3) is 0 Å². The fourth-order valence-corrected chi connectivity index (χ4v) is 3.46. The van der Waals surface area contributed by atoms with E-state index < -0.39 is 0 Å². The summed E-state index contributed by atoms with van der Waals surface area (Å²) in [4.78, 5) is 11.3. The molecule has 1 aliphatic heterocycles. The number of ether oxygens (including phenoxy) is 1. The third kappa shape index (κ3) is 2.86. The Balaban J connectivity index is 1.62. The molecular weight excluding hydrogens is 272 g/mol. The van der Waals surface area contributed by atoms with Gasteiger partial charge in [0.25, 0.3) is 0 Å². The Hall–Kier alpha value is -1.40. The van der Waals surface area contributed by atoms with Crippen LogP contribution in [0.1, 0.15) is 24.6 Å². The molecule has 1 fully saturated rings. The molecule has 3 rings (SSSR count). The standard InChI is InChI=1S/C14H20N4OS/c1-19-10-9-17-8-4-15-13(17)12-2-6-18(7-3-12)14-16-5-11-20-14/h4-5,8,11-12H,2-3,6-7,9-10H2,1H3. The number of hydrogen-bond donors (Lipinski definition) is 0. The molecular formula is C14H20N4OS. The predicted octanol–water partition coefficient (Wildman–Crippen LogP) is 2.37. The highest BCUT2D eigenvalue weighted by atomic mass is 32.1. The maximum atomic E-state index is 5.16. The number of aromatic nitrogens is 3. The molecule has 6 heteroatoms. The summed E-state index contributed by atoms with van der Waals surface area (Å²) < 4.78 is 7.39. The molecule has 0 aromatic carbocycles. The maximum absolute atomic E-state index is 5.16. The molecule has 2 aromatic rings. The van der Waals surface area contributed by atoms with Crippen LogP contribution in [0.3, 0.4) is 0 Å². The van der Waals surface area contributed by atoms with E-state index >= 15 is 0 Å². The van der Waals surface area contributed by atoms with Crippen LogP contribution in [0.15, 0.2) is 24.0 Å². The predicted molar refractivity (Wildman–Crippen MR) is 80.4 cm³/mol. The fourth-order valence-electron chi connectivity index (χ4n) is 2.76. The molecule has 5 nitrogen and oxygen atoms in total. The molecule has 0 unspecified atom stereocenters. The SMILES string of the molecule is COCCn1ccnc1C1CCN(c2nccs2)CC1. The average molecular weight is 292 g/mol. The van der Waals surface area contributed by atoms with Gasteiger partial charge in [-0.05, 0) is 12.8 Å². The number of rotatable bonds is 5. The molecule has 0 N–H and O–H groups in total. The molecule has 0 aliphatic carbocycles. The highest BCUT2D eigenvalue weighted by Crippen LogP contribution is 2.30. The third-order valence-electron chi connectivity index (χ3n) is 3.83. The zero-order valence-electron chi connectivity index (χ0n) is 11.7. The van der Waals surface area contributed by atoms with Gasteiger partial charge in [-0.3, -0.25) is 0 Å². The number of imidazole rings is 1. The summed E-state index contributed by atoms with van der Waals surface area (Å²) in [5.41, 5.74) is 0. The molecule has 108 valence electrons. The second-order valence-corrected chi connectivity index (χ2v) is 5.92. The van der Waals surface area contributed by atoms with Crippen LogP contribution in [-0.2, 0) is 11.3 Å². The fraction of sp³-hybridized carbons (Fsp3) is 0.571. The lowest BCUT2D eigenvalue weighted by Gasteiger charge is -2.31. The van der Waals surface area contributed by atoms with Gasteiger partial charge in [0, 0.05) is 56.6 Å². The molecule has 0 amide bonds. The van der Waals surface area contributed by atoms with Crippen LogP contribution >= 0.6 is 11.3 Å². The monoisotopic (exact) mass is 292 g/mol. The molecule has 0 atom stereocenters. The minimum atomic E-state index is 0.554. The van der Waals surface area contributed by atoms with Gasteiger partial charge in [0.2, 0.25) is 0 Å². The van der Waals surface area contributed by atoms with Gasteiger partial charge in [0.05, 0.1) is 6.61 Å². The molecule has 3 heterocycles. The van der Waals surface area contributed by atoms with E-state index in [0.717, 1.165) is 44.2 Å². The van der Waals surface area contributed by atoms with Gasteiger partial charge >= 0.3 is 0 Å². The van der Waals surface area contributed by atoms with E-state index in [-0.39, 0.29) is 0 Å². The van der Waals surface area contributed by atoms with E-state index in [2.05, 4.69) is 25.6 Å². The second kappa shape index (κ2) is 6.37. The van der Waals surface area contributed by atoms with E-state index in [0.29, 0.717) is 5.92 Å². The van der Waals surface area contributed by atoms with Crippen molar-refractivity contribution in [2.45, 2.75) is 25.3 Å². The largest absolute Gasteiger partial charge is 0.383 e. The quantitative estimate of drug-likeness (QED) is 0.848. The lowest BCUT2D eigenvalue weighted by atomic mass is 9.96. The van der Waals surface area contributed by atoms with Crippen molar-refractivity contribution in [3.05, 3.63) is 29.8 Å². The zero-order chi connectivity index (χ0) is 13.8. The first-order valence-corrected chi connectivity index (χ1v) is 7.91. The van der Waals surface area contributed by atoms with Crippen LogP contribution in [0.4, 0.5) is 5.13 Å². The highest BCUT2D eigenvalue weighted by Gasteiger charge is 2.24. The van der Waals surface area contributed by atoms with Crippen LogP contribution < -0.4 is 4.90 Å². The van der Waals surface area contributed by atoms with Crippen molar-refractivity contribution in [1.82, 2.24) is 14.5 Å². The molecule has 2 aromatic heterocycles. The first-order valence-electron chi connectivity index (χ1n) is 7.03. The Bertz CT molecular complexity index is 517. The summed E-state index contributed by atoms with van der Waals surface area (Å²) >= 11 is 1.72. The van der Waals surface area contributed by atoms with Crippen molar-refractivity contribution >= 4 is 16.5 Å². The summed E-state index contributed by atoms with van der Waals surface area (Å²) in [7, 11) is 1.74. The number of thiazole rings is 1. The van der Waals surface area contributed by atoms with E-state index in [9.17, 15) is 0 Å². The minimum absolute atomic E-state index is 0.554. The normalized spacial score (nSPS) is 16.8. The molecule has 1 saturated heterocycles. The van der Waals surface area contributed by atoms with Gasteiger partial charge < -0.3 is 14.2 Å². The number of nitrogens with zero attached hydrogens (tertiary/aromatic N) is 4. The van der Waals surface area contributed by atoms with Crippen molar-refractivity contribution in [2.75, 3.05) is 31.7 Å². The van der Waals surface area contributed by atoms with Gasteiger partial charge in [-0.25, -0.2) is 9.97 Å². The molecule has 0 spiro atoms. The molecule has 0 bridgehead atoms. The number of anilines is 1. The van der Waals surface area contributed by atoms with Crippen molar-refractivity contribution in [2.24, 2.45) is 0 Å². The van der Waals surface area contributed by atoms with Gasteiger partial charge in [-0.2, -0.15) is 0 Å². The van der Waals surface area contributed by atoms with Crippen molar-refractivity contribution in [3.8, 4) is 0 Å². The van der Waals surface area contributed by atoms with Gasteiger partial charge in [-0.1, -0.05) is 0 Å². The molecule has 20 heavy (non-hydrogen) atoms. The van der Waals surface area contributed by atoms with E-state index in [1.807, 2.05) is 17.8 Å². The molecule has 1 aliphatic rings. The van der Waals surface area contributed by atoms with E-state index in [4.69, 9.17) is 4.74 Å². The molecule has 0 radical (unpaired) electrons. The zero-order valence-corrected chi connectivity index (χ0v) is 12.6. The summed E-state index contributed by atoms with van der Waals surface area (Å²) in [6, 6.07) is 0. The molecule has 0 saturated carbocycles. The lowest BCUT2D eigenvalue weighted by molar-refractivity contribution is 0.185. The van der Waals surface area contributed by atoms with Crippen LogP contribution in [0.2, 0.25) is 0 Å². The van der Waals surface area contributed by atoms with Crippen LogP contribution in [0.5, 0.6) is 0 Å². The van der Waals surface area contributed by atoms with Gasteiger partial charge in [0.15, 0.2) is 5.13 Å². The Morgan fingerprint density at radius 2 is 2.15 bits per heavy atom. The Labute approximate surface area is 123 Å². The summed E-state index contributed by atoms with van der Waals surface area (Å²) in [5.74, 6) is 1.76. The Kier molecular flexibility index (Phi) is 4.32. The summed E-state index contributed by atoms with van der Waals surface area (Å²) in [6.07, 6.45) is 8.12. The first kappa shape index (κ1) is 13.6. The smallest absolute Gasteiger partial charge is 0.185 e. The van der Waals surface area contributed by atoms with Gasteiger partial charge in [-0.15, -0.1) is 11.3 Å². The Morgan fingerprint density at radius 3 is 2.85 bits per heavy atom. The van der Waals surface area contributed by atoms with Crippen molar-refractivity contribution in [1.29, 1.82) is 0 Å². The number of piperidine rings is 1. The topological polar surface area (TPSA) is 43.2 Å². The maximum Gasteiger partial charge on any atom is 0.185 e. The summed E-state index contributed by atoms with van der Waals surface area (Å²) in [5, 5.41) is 3.19. The second-order valence-electron chi connectivity index (χ2n) is 5.05. The van der Waals surface area contributed by atoms with Crippen LogP contribution in [-0.4, -0.2) is 41.3 Å². The lowest BCUT2D eigenvalue weighted by Crippen LogP contribution is -2.33. The third-order valence-corrected chi connectivity index (χ3v) is 4.67. The first-order chi connectivity index (χ1) is 9.88. The number of hydrogen-bond acceptors (Lipinski definition) is 5. The van der Waals surface area contributed by atoms with Gasteiger partial charge in [0.1, 0.15) is 5.82 Å². The number of methoxy groups -OCH3 is 1. The van der Waals surface area contributed by atoms with Crippen LogP contribution in [0, 0.1) is 0 Å². The van der Waals surface area contributed by atoms with Crippen molar-refractivity contribution < 1.29 is 4.74 Å². The average Bonchev–Trinajstić information content (AvgIpc) is 3.16. The Morgan fingerprint density at radius 1 is 1.30 bits per heavy atom. The minimum Gasteiger partial charge on any atom is -0.383 e.